The first kappa shape index (κ1) is 10.9. The molecule has 0 N–H and O–H groups in total. The maximum Gasteiger partial charge on any atom is 0.00365 e. The number of allylic oxidation sites excluding steroid dienone is 6. The van der Waals surface area contributed by atoms with Crippen LogP contribution in [0.4, 0.5) is 0 Å². The molecule has 0 amide bonds. The topological polar surface area (TPSA) is 0 Å². The molecular weight excluding hydrogens is 192 g/mol. The van der Waals surface area contributed by atoms with Gasteiger partial charge in [0.2, 0.25) is 0 Å². The molecule has 0 fully saturated rings. The first-order valence-electron chi connectivity index (χ1n) is 5.88. The van der Waals surface area contributed by atoms with Crippen molar-refractivity contribution in [2.45, 2.75) is 20.3 Å². The molecule has 0 nitrogen and oxygen atoms in total. The molecule has 82 valence electrons. The molecule has 1 atom stereocenters. The lowest BCUT2D eigenvalue weighted by Crippen LogP contribution is -2.06. The molecule has 1 unspecified atom stereocenters. The average Bonchev–Trinajstić information content (AvgIpc) is 2.53. The highest BCUT2D eigenvalue weighted by molar-refractivity contribution is 5.75. The van der Waals surface area contributed by atoms with Gasteiger partial charge in [-0.15, -0.1) is 0 Å². The molecule has 16 heavy (non-hydrogen) atoms. The van der Waals surface area contributed by atoms with Crippen LogP contribution in [0.15, 0.2) is 60.7 Å². The summed E-state index contributed by atoms with van der Waals surface area (Å²) in [4.78, 5) is 0. The molecule has 0 spiro atoms. The van der Waals surface area contributed by atoms with Gasteiger partial charge < -0.3 is 0 Å². The third-order valence-electron chi connectivity index (χ3n) is 3.27. The lowest BCUT2D eigenvalue weighted by atomic mass is 9.87. The fraction of sp³-hybridized carbons (Fsp3) is 0.250. The second-order valence-corrected chi connectivity index (χ2v) is 4.54. The second-order valence-electron chi connectivity index (χ2n) is 4.54. The monoisotopic (exact) mass is 210 g/mol. The Labute approximate surface area is 98.0 Å². The van der Waals surface area contributed by atoms with Crippen molar-refractivity contribution in [3.8, 4) is 0 Å². The highest BCUT2D eigenvalue weighted by Crippen LogP contribution is 2.29. The average molecular weight is 210 g/mol. The molecule has 0 radical (unpaired) electrons. The number of hydrogen-bond donors (Lipinski definition) is 0. The van der Waals surface area contributed by atoms with Gasteiger partial charge in [0.25, 0.3) is 0 Å². The van der Waals surface area contributed by atoms with Crippen molar-refractivity contribution < 1.29 is 0 Å². The lowest BCUT2D eigenvalue weighted by molar-refractivity contribution is 0.531. The Bertz CT molecular complexity index is 434. The maximum absolute atomic E-state index is 2.30. The molecule has 1 aliphatic carbocycles. The molecule has 0 aromatic heterocycles. The third kappa shape index (κ3) is 2.33. The molecule has 0 saturated heterocycles. The van der Waals surface area contributed by atoms with Crippen LogP contribution in [0, 0.1) is 5.41 Å². The minimum absolute atomic E-state index is 0.201. The van der Waals surface area contributed by atoms with E-state index in [4.69, 9.17) is 0 Å². The molecule has 0 saturated carbocycles. The summed E-state index contributed by atoms with van der Waals surface area (Å²) in [6.07, 6.45) is 12.3. The fourth-order valence-corrected chi connectivity index (χ4v) is 1.82. The zero-order chi connectivity index (χ0) is 11.4. The third-order valence-corrected chi connectivity index (χ3v) is 3.27. The minimum Gasteiger partial charge on any atom is -0.0748 e. The van der Waals surface area contributed by atoms with Crippen LogP contribution in [-0.4, -0.2) is 0 Å². The second kappa shape index (κ2) is 4.52. The summed E-state index contributed by atoms with van der Waals surface area (Å²) in [5.74, 6) is 0. The van der Waals surface area contributed by atoms with Crippen molar-refractivity contribution in [2.75, 3.05) is 0 Å². The van der Waals surface area contributed by atoms with Crippen LogP contribution in [0.1, 0.15) is 25.8 Å². The van der Waals surface area contributed by atoms with E-state index in [1.54, 1.807) is 0 Å². The van der Waals surface area contributed by atoms with Crippen LogP contribution in [-0.2, 0) is 0 Å². The number of hydrogen-bond acceptors (Lipinski definition) is 0. The summed E-state index contributed by atoms with van der Waals surface area (Å²) in [6, 6.07) is 10.5. The fourth-order valence-electron chi connectivity index (χ4n) is 1.82. The highest BCUT2D eigenvalue weighted by Gasteiger charge is 2.15. The van der Waals surface area contributed by atoms with E-state index in [-0.39, 0.29) is 5.41 Å². The van der Waals surface area contributed by atoms with Gasteiger partial charge in [-0.2, -0.15) is 0 Å². The van der Waals surface area contributed by atoms with E-state index in [0.717, 1.165) is 6.42 Å². The summed E-state index contributed by atoms with van der Waals surface area (Å²) < 4.78 is 0. The van der Waals surface area contributed by atoms with Gasteiger partial charge in [0.1, 0.15) is 0 Å². The molecule has 1 aromatic carbocycles. The van der Waals surface area contributed by atoms with Gasteiger partial charge in [0.15, 0.2) is 0 Å². The molecule has 0 heterocycles. The quantitative estimate of drug-likeness (QED) is 0.668. The first-order valence-corrected chi connectivity index (χ1v) is 5.88. The normalized spacial score (nSPS) is 24.0. The SMILES string of the molecule is CCC1(C)C=CC=C(c2ccccc2)C=C1. The highest BCUT2D eigenvalue weighted by atomic mass is 14.2. The summed E-state index contributed by atoms with van der Waals surface area (Å²) in [5, 5.41) is 0. The standard InChI is InChI=1S/C16H18/c1-3-16(2)12-7-10-15(11-13-16)14-8-5-4-6-9-14/h4-13H,3H2,1-2H3. The van der Waals surface area contributed by atoms with Crippen molar-refractivity contribution >= 4 is 5.57 Å². The van der Waals surface area contributed by atoms with Crippen molar-refractivity contribution in [1.82, 2.24) is 0 Å². The molecule has 0 aliphatic heterocycles. The zero-order valence-electron chi connectivity index (χ0n) is 9.98. The van der Waals surface area contributed by atoms with Crippen LogP contribution in [0.25, 0.3) is 5.57 Å². The Kier molecular flexibility index (Phi) is 3.09. The van der Waals surface area contributed by atoms with Gasteiger partial charge in [0, 0.05) is 5.41 Å². The summed E-state index contributed by atoms with van der Waals surface area (Å²) in [7, 11) is 0. The van der Waals surface area contributed by atoms with E-state index in [0.29, 0.717) is 0 Å². The predicted octanol–water partition coefficient (Wildman–Crippen LogP) is 4.61. The first-order chi connectivity index (χ1) is 7.73. The smallest absolute Gasteiger partial charge is 0.00365 e. The number of benzene rings is 1. The molecule has 0 bridgehead atoms. The summed E-state index contributed by atoms with van der Waals surface area (Å²) in [6.45, 7) is 4.49. The van der Waals surface area contributed by atoms with E-state index in [2.05, 4.69) is 74.6 Å². The van der Waals surface area contributed by atoms with Crippen LogP contribution >= 0.6 is 0 Å². The van der Waals surface area contributed by atoms with Crippen LogP contribution in [0.2, 0.25) is 0 Å². The molecular formula is C16H18. The molecule has 1 aliphatic rings. The van der Waals surface area contributed by atoms with Crippen LogP contribution < -0.4 is 0 Å². The van der Waals surface area contributed by atoms with E-state index in [1.165, 1.54) is 11.1 Å². The van der Waals surface area contributed by atoms with E-state index in [9.17, 15) is 0 Å². The summed E-state index contributed by atoms with van der Waals surface area (Å²) >= 11 is 0. The van der Waals surface area contributed by atoms with Gasteiger partial charge >= 0.3 is 0 Å². The van der Waals surface area contributed by atoms with E-state index >= 15 is 0 Å². The van der Waals surface area contributed by atoms with Crippen molar-refractivity contribution in [1.29, 1.82) is 0 Å². The Morgan fingerprint density at radius 1 is 1.06 bits per heavy atom. The summed E-state index contributed by atoms with van der Waals surface area (Å²) in [5.41, 5.74) is 2.77. The Balaban J connectivity index is 2.31. The van der Waals surface area contributed by atoms with Crippen molar-refractivity contribution in [3.05, 3.63) is 66.3 Å². The van der Waals surface area contributed by atoms with Crippen molar-refractivity contribution in [3.63, 3.8) is 0 Å². The van der Waals surface area contributed by atoms with Gasteiger partial charge in [0.05, 0.1) is 0 Å². The largest absolute Gasteiger partial charge is 0.0748 e. The lowest BCUT2D eigenvalue weighted by Gasteiger charge is -2.18. The molecule has 1 aromatic rings. The van der Waals surface area contributed by atoms with Crippen LogP contribution in [0.5, 0.6) is 0 Å². The number of rotatable bonds is 2. The van der Waals surface area contributed by atoms with Gasteiger partial charge in [-0.3, -0.25) is 0 Å². The Hall–Kier alpha value is -1.56. The van der Waals surface area contributed by atoms with Gasteiger partial charge in [-0.25, -0.2) is 0 Å². The van der Waals surface area contributed by atoms with Crippen LogP contribution in [0.3, 0.4) is 0 Å². The molecule has 2 rings (SSSR count). The van der Waals surface area contributed by atoms with Crippen molar-refractivity contribution in [2.24, 2.45) is 5.41 Å². The van der Waals surface area contributed by atoms with E-state index < -0.39 is 0 Å². The van der Waals surface area contributed by atoms with Gasteiger partial charge in [-0.1, -0.05) is 74.6 Å². The van der Waals surface area contributed by atoms with E-state index in [1.807, 2.05) is 0 Å². The maximum atomic E-state index is 2.30. The Morgan fingerprint density at radius 2 is 1.81 bits per heavy atom. The minimum atomic E-state index is 0.201. The predicted molar refractivity (Wildman–Crippen MR) is 71.1 cm³/mol. The Morgan fingerprint density at radius 3 is 2.50 bits per heavy atom. The molecule has 0 heteroatoms. The zero-order valence-corrected chi connectivity index (χ0v) is 9.98. The van der Waals surface area contributed by atoms with Gasteiger partial charge in [-0.05, 0) is 17.6 Å².